The highest BCUT2D eigenvalue weighted by molar-refractivity contribution is 4.78. The van der Waals surface area contributed by atoms with Crippen molar-refractivity contribution in [2.75, 3.05) is 13.1 Å². The molecule has 72 valence electrons. The van der Waals surface area contributed by atoms with E-state index in [1.165, 1.54) is 32.4 Å². The molecule has 1 nitrogen and oxygen atoms in total. The maximum absolute atomic E-state index is 3.46. The molecule has 1 aliphatic heterocycles. The maximum atomic E-state index is 3.46. The molecular weight excluding hydrogens is 146 g/mol. The average Bonchev–Trinajstić information content (AvgIpc) is 2.05. The lowest BCUT2D eigenvalue weighted by molar-refractivity contribution is 0.190. The van der Waals surface area contributed by atoms with Gasteiger partial charge in [0.2, 0.25) is 0 Å². The summed E-state index contributed by atoms with van der Waals surface area (Å²) in [6.07, 6.45) is 4.15. The molecule has 1 heterocycles. The third-order valence-corrected chi connectivity index (χ3v) is 3.33. The molecule has 0 aromatic carbocycles. The van der Waals surface area contributed by atoms with E-state index < -0.39 is 0 Å². The van der Waals surface area contributed by atoms with E-state index in [0.29, 0.717) is 0 Å². The summed E-state index contributed by atoms with van der Waals surface area (Å²) in [5.74, 6) is 2.80. The van der Waals surface area contributed by atoms with Crippen molar-refractivity contribution in [1.82, 2.24) is 5.32 Å². The predicted octanol–water partition coefficient (Wildman–Crippen LogP) is 2.67. The fourth-order valence-corrected chi connectivity index (χ4v) is 2.55. The van der Waals surface area contributed by atoms with E-state index in [4.69, 9.17) is 0 Å². The van der Waals surface area contributed by atoms with Gasteiger partial charge in [-0.2, -0.15) is 0 Å². The molecule has 12 heavy (non-hydrogen) atoms. The third-order valence-electron chi connectivity index (χ3n) is 3.33. The molecule has 0 aromatic rings. The summed E-state index contributed by atoms with van der Waals surface area (Å²) in [4.78, 5) is 0. The van der Waals surface area contributed by atoms with E-state index in [1.807, 2.05) is 0 Å². The number of hydrogen-bond acceptors (Lipinski definition) is 1. The molecule has 0 bridgehead atoms. The fraction of sp³-hybridized carbons (Fsp3) is 1.00. The minimum Gasteiger partial charge on any atom is -0.316 e. The highest BCUT2D eigenvalue weighted by Crippen LogP contribution is 2.29. The molecule has 0 aliphatic carbocycles. The second-order valence-electron chi connectivity index (χ2n) is 4.40. The monoisotopic (exact) mass is 169 g/mol. The van der Waals surface area contributed by atoms with Crippen LogP contribution in [0.2, 0.25) is 0 Å². The van der Waals surface area contributed by atoms with Crippen molar-refractivity contribution in [3.8, 4) is 0 Å². The van der Waals surface area contributed by atoms with Gasteiger partial charge >= 0.3 is 0 Å². The van der Waals surface area contributed by atoms with Gasteiger partial charge in [-0.1, -0.05) is 33.6 Å². The summed E-state index contributed by atoms with van der Waals surface area (Å²) in [6, 6.07) is 0. The van der Waals surface area contributed by atoms with Crippen LogP contribution in [-0.2, 0) is 0 Å². The number of piperidine rings is 1. The molecule has 1 heteroatoms. The Balaban J connectivity index is 2.36. The zero-order valence-corrected chi connectivity index (χ0v) is 8.77. The van der Waals surface area contributed by atoms with Crippen LogP contribution in [0.25, 0.3) is 0 Å². The summed E-state index contributed by atoms with van der Waals surface area (Å²) >= 11 is 0. The molecular formula is C11H23N. The van der Waals surface area contributed by atoms with Crippen molar-refractivity contribution in [1.29, 1.82) is 0 Å². The summed E-state index contributed by atoms with van der Waals surface area (Å²) in [7, 11) is 0. The van der Waals surface area contributed by atoms with Crippen LogP contribution in [0.4, 0.5) is 0 Å². The maximum Gasteiger partial charge on any atom is -0.00204 e. The lowest BCUT2D eigenvalue weighted by Crippen LogP contribution is -2.37. The molecule has 1 N–H and O–H groups in total. The van der Waals surface area contributed by atoms with Crippen molar-refractivity contribution >= 4 is 0 Å². The van der Waals surface area contributed by atoms with Gasteiger partial charge in [0, 0.05) is 0 Å². The zero-order valence-electron chi connectivity index (χ0n) is 8.77. The standard InChI is InChI=1S/C11H23N/c1-4-5-9(2)11-6-7-12-8-10(11)3/h9-12H,4-8H2,1-3H3. The van der Waals surface area contributed by atoms with Gasteiger partial charge in [0.1, 0.15) is 0 Å². The first-order valence-corrected chi connectivity index (χ1v) is 5.46. The Labute approximate surface area is 76.9 Å². The second-order valence-corrected chi connectivity index (χ2v) is 4.40. The van der Waals surface area contributed by atoms with E-state index in [0.717, 1.165) is 17.8 Å². The van der Waals surface area contributed by atoms with E-state index in [1.54, 1.807) is 0 Å². The third kappa shape index (κ3) is 2.48. The molecule has 0 radical (unpaired) electrons. The first kappa shape index (κ1) is 10.0. The number of rotatable bonds is 3. The number of nitrogens with one attached hydrogen (secondary N) is 1. The van der Waals surface area contributed by atoms with Gasteiger partial charge in [-0.3, -0.25) is 0 Å². The molecule has 1 rings (SSSR count). The largest absolute Gasteiger partial charge is 0.316 e. The average molecular weight is 169 g/mol. The summed E-state index contributed by atoms with van der Waals surface area (Å²) in [6.45, 7) is 9.59. The lowest BCUT2D eigenvalue weighted by atomic mass is 9.77. The Morgan fingerprint density at radius 1 is 1.50 bits per heavy atom. The van der Waals surface area contributed by atoms with Gasteiger partial charge in [-0.25, -0.2) is 0 Å². The number of hydrogen-bond donors (Lipinski definition) is 1. The van der Waals surface area contributed by atoms with Gasteiger partial charge in [0.05, 0.1) is 0 Å². The van der Waals surface area contributed by atoms with E-state index in [2.05, 4.69) is 26.1 Å². The van der Waals surface area contributed by atoms with Crippen LogP contribution in [0, 0.1) is 17.8 Å². The van der Waals surface area contributed by atoms with Crippen LogP contribution in [0.5, 0.6) is 0 Å². The van der Waals surface area contributed by atoms with E-state index >= 15 is 0 Å². The van der Waals surface area contributed by atoms with Crippen molar-refractivity contribution in [3.05, 3.63) is 0 Å². The molecule has 1 aliphatic rings. The van der Waals surface area contributed by atoms with Crippen LogP contribution >= 0.6 is 0 Å². The minimum absolute atomic E-state index is 0.889. The molecule has 0 amide bonds. The molecule has 0 aromatic heterocycles. The Morgan fingerprint density at radius 2 is 2.25 bits per heavy atom. The second kappa shape index (κ2) is 4.86. The van der Waals surface area contributed by atoms with Crippen molar-refractivity contribution < 1.29 is 0 Å². The molecule has 1 fully saturated rings. The van der Waals surface area contributed by atoms with Crippen molar-refractivity contribution in [3.63, 3.8) is 0 Å². The van der Waals surface area contributed by atoms with Gasteiger partial charge in [0.25, 0.3) is 0 Å². The topological polar surface area (TPSA) is 12.0 Å². The normalized spacial score (nSPS) is 33.2. The van der Waals surface area contributed by atoms with Gasteiger partial charge in [-0.05, 0) is 37.3 Å². The highest BCUT2D eigenvalue weighted by atomic mass is 14.9. The molecule has 0 saturated carbocycles. The van der Waals surface area contributed by atoms with Crippen molar-refractivity contribution in [2.24, 2.45) is 17.8 Å². The van der Waals surface area contributed by atoms with Gasteiger partial charge in [-0.15, -0.1) is 0 Å². The molecule has 0 spiro atoms. The van der Waals surface area contributed by atoms with Crippen LogP contribution in [0.3, 0.4) is 0 Å². The lowest BCUT2D eigenvalue weighted by Gasteiger charge is -2.34. The smallest absolute Gasteiger partial charge is 0.00204 e. The SMILES string of the molecule is CCCC(C)C1CCNCC1C. The van der Waals surface area contributed by atoms with Crippen LogP contribution in [0.15, 0.2) is 0 Å². The van der Waals surface area contributed by atoms with E-state index in [-0.39, 0.29) is 0 Å². The Bertz CT molecular complexity index is 122. The van der Waals surface area contributed by atoms with Crippen LogP contribution in [0.1, 0.15) is 40.0 Å². The van der Waals surface area contributed by atoms with Crippen LogP contribution < -0.4 is 5.32 Å². The fourth-order valence-electron chi connectivity index (χ4n) is 2.55. The summed E-state index contributed by atoms with van der Waals surface area (Å²) in [5.41, 5.74) is 0. The predicted molar refractivity (Wildman–Crippen MR) is 54.2 cm³/mol. The summed E-state index contributed by atoms with van der Waals surface area (Å²) < 4.78 is 0. The zero-order chi connectivity index (χ0) is 8.97. The Kier molecular flexibility index (Phi) is 4.07. The van der Waals surface area contributed by atoms with Crippen molar-refractivity contribution in [2.45, 2.75) is 40.0 Å². The Hall–Kier alpha value is -0.0400. The van der Waals surface area contributed by atoms with Gasteiger partial charge < -0.3 is 5.32 Å². The molecule has 1 saturated heterocycles. The molecule has 3 unspecified atom stereocenters. The summed E-state index contributed by atoms with van der Waals surface area (Å²) in [5, 5.41) is 3.46. The van der Waals surface area contributed by atoms with Gasteiger partial charge in [0.15, 0.2) is 0 Å². The molecule has 3 atom stereocenters. The minimum atomic E-state index is 0.889. The highest BCUT2D eigenvalue weighted by Gasteiger charge is 2.25. The first-order valence-electron chi connectivity index (χ1n) is 5.46. The van der Waals surface area contributed by atoms with E-state index in [9.17, 15) is 0 Å². The Morgan fingerprint density at radius 3 is 2.83 bits per heavy atom. The quantitative estimate of drug-likeness (QED) is 0.685. The first-order chi connectivity index (χ1) is 5.75. The van der Waals surface area contributed by atoms with Crippen LogP contribution in [-0.4, -0.2) is 13.1 Å².